The van der Waals surface area contributed by atoms with E-state index in [1.165, 1.54) is 6.07 Å². The number of hydrogen-bond donors (Lipinski definition) is 0. The second-order valence-corrected chi connectivity index (χ2v) is 5.04. The summed E-state index contributed by atoms with van der Waals surface area (Å²) in [5.41, 5.74) is 0.850. The smallest absolute Gasteiger partial charge is 0.127 e. The highest BCUT2D eigenvalue weighted by Crippen LogP contribution is 2.50. The summed E-state index contributed by atoms with van der Waals surface area (Å²) in [5, 5.41) is 0. The summed E-state index contributed by atoms with van der Waals surface area (Å²) in [5.74, 6) is 1.59. The maximum Gasteiger partial charge on any atom is 0.127 e. The molecule has 1 aliphatic carbocycles. The molecule has 14 heavy (non-hydrogen) atoms. The molecule has 0 amide bonds. The molecule has 1 fully saturated rings. The molecular formula is C11H11BrClF. The van der Waals surface area contributed by atoms with Gasteiger partial charge in [-0.2, -0.15) is 0 Å². The molecule has 0 N–H and O–H groups in total. The molecule has 1 saturated carbocycles. The summed E-state index contributed by atoms with van der Waals surface area (Å²) in [6.07, 6.45) is 2.09. The first kappa shape index (κ1) is 10.4. The normalized spacial score (nSPS) is 25.1. The third-order valence-electron chi connectivity index (χ3n) is 2.76. The zero-order chi connectivity index (χ0) is 10.1. The van der Waals surface area contributed by atoms with Gasteiger partial charge in [-0.1, -0.05) is 22.0 Å². The van der Waals surface area contributed by atoms with Crippen molar-refractivity contribution in [2.75, 3.05) is 5.88 Å². The van der Waals surface area contributed by atoms with E-state index in [9.17, 15) is 4.39 Å². The molecule has 1 aromatic carbocycles. The standard InChI is InChI=1S/C11H11BrClF/c12-8-1-2-9(11(14)6-8)10-5-7(10)3-4-13/h1-2,6-7,10H,3-5H2. The van der Waals surface area contributed by atoms with Gasteiger partial charge in [-0.05, 0) is 42.4 Å². The molecule has 0 spiro atoms. The predicted molar refractivity (Wildman–Crippen MR) is 60.3 cm³/mol. The van der Waals surface area contributed by atoms with Crippen LogP contribution in [-0.4, -0.2) is 5.88 Å². The number of benzene rings is 1. The molecule has 1 aromatic rings. The van der Waals surface area contributed by atoms with Gasteiger partial charge in [-0.15, -0.1) is 11.6 Å². The van der Waals surface area contributed by atoms with E-state index in [4.69, 9.17) is 11.6 Å². The van der Waals surface area contributed by atoms with E-state index in [0.29, 0.717) is 17.7 Å². The van der Waals surface area contributed by atoms with Crippen LogP contribution < -0.4 is 0 Å². The van der Waals surface area contributed by atoms with Crippen LogP contribution in [0.25, 0.3) is 0 Å². The maximum atomic E-state index is 13.5. The van der Waals surface area contributed by atoms with Crippen molar-refractivity contribution in [2.45, 2.75) is 18.8 Å². The lowest BCUT2D eigenvalue weighted by Crippen LogP contribution is -1.90. The first-order chi connectivity index (χ1) is 6.72. The Labute approximate surface area is 96.6 Å². The van der Waals surface area contributed by atoms with Gasteiger partial charge in [0.05, 0.1) is 0 Å². The molecule has 0 saturated heterocycles. The van der Waals surface area contributed by atoms with Crippen molar-refractivity contribution in [1.82, 2.24) is 0 Å². The monoisotopic (exact) mass is 276 g/mol. The van der Waals surface area contributed by atoms with Gasteiger partial charge in [0.2, 0.25) is 0 Å². The Balaban J connectivity index is 2.11. The van der Waals surface area contributed by atoms with Gasteiger partial charge in [-0.25, -0.2) is 4.39 Å². The molecular weight excluding hydrogens is 266 g/mol. The fourth-order valence-electron chi connectivity index (χ4n) is 1.89. The number of hydrogen-bond acceptors (Lipinski definition) is 0. The van der Waals surface area contributed by atoms with Gasteiger partial charge in [0.15, 0.2) is 0 Å². The fraction of sp³-hybridized carbons (Fsp3) is 0.455. The number of rotatable bonds is 3. The molecule has 0 aliphatic heterocycles. The first-order valence-electron chi connectivity index (χ1n) is 4.73. The molecule has 0 heterocycles. The van der Waals surface area contributed by atoms with Crippen LogP contribution in [0.5, 0.6) is 0 Å². The van der Waals surface area contributed by atoms with Crippen molar-refractivity contribution in [1.29, 1.82) is 0 Å². The van der Waals surface area contributed by atoms with Crippen LogP contribution in [-0.2, 0) is 0 Å². The van der Waals surface area contributed by atoms with Crippen LogP contribution in [0.15, 0.2) is 22.7 Å². The summed E-state index contributed by atoms with van der Waals surface area (Å²) in [7, 11) is 0. The number of halogens is 3. The Hall–Kier alpha value is -0.0800. The van der Waals surface area contributed by atoms with E-state index in [0.717, 1.165) is 22.9 Å². The molecule has 0 nitrogen and oxygen atoms in total. The van der Waals surface area contributed by atoms with E-state index >= 15 is 0 Å². The van der Waals surface area contributed by atoms with E-state index in [2.05, 4.69) is 15.9 Å². The van der Waals surface area contributed by atoms with Gasteiger partial charge in [0, 0.05) is 10.4 Å². The average Bonchev–Trinajstić information content (AvgIpc) is 2.84. The quantitative estimate of drug-likeness (QED) is 0.722. The SMILES string of the molecule is Fc1cc(Br)ccc1C1CC1CCCl. The minimum absolute atomic E-state index is 0.0959. The van der Waals surface area contributed by atoms with Crippen LogP contribution in [0.2, 0.25) is 0 Å². The second-order valence-electron chi connectivity index (χ2n) is 3.75. The lowest BCUT2D eigenvalue weighted by Gasteiger charge is -2.02. The largest absolute Gasteiger partial charge is 0.207 e. The predicted octanol–water partition coefficient (Wildman–Crippen LogP) is 4.32. The van der Waals surface area contributed by atoms with Crippen LogP contribution in [0.1, 0.15) is 24.3 Å². The van der Waals surface area contributed by atoms with Gasteiger partial charge < -0.3 is 0 Å². The van der Waals surface area contributed by atoms with Gasteiger partial charge >= 0.3 is 0 Å². The highest BCUT2D eigenvalue weighted by atomic mass is 79.9. The van der Waals surface area contributed by atoms with Gasteiger partial charge in [-0.3, -0.25) is 0 Å². The zero-order valence-corrected chi connectivity index (χ0v) is 9.98. The Bertz CT molecular complexity index is 340. The number of alkyl halides is 1. The molecule has 0 bridgehead atoms. The maximum absolute atomic E-state index is 13.5. The molecule has 2 rings (SSSR count). The zero-order valence-electron chi connectivity index (χ0n) is 7.64. The second kappa shape index (κ2) is 4.19. The first-order valence-corrected chi connectivity index (χ1v) is 6.06. The third-order valence-corrected chi connectivity index (χ3v) is 3.48. The van der Waals surface area contributed by atoms with Crippen LogP contribution in [0.3, 0.4) is 0 Å². The van der Waals surface area contributed by atoms with E-state index in [1.807, 2.05) is 12.1 Å². The minimum atomic E-state index is -0.0959. The molecule has 0 aromatic heterocycles. The van der Waals surface area contributed by atoms with Crippen molar-refractivity contribution in [2.24, 2.45) is 5.92 Å². The highest BCUT2D eigenvalue weighted by molar-refractivity contribution is 9.10. The summed E-state index contributed by atoms with van der Waals surface area (Å²) in [6.45, 7) is 0. The molecule has 3 heteroatoms. The summed E-state index contributed by atoms with van der Waals surface area (Å²) < 4.78 is 14.3. The summed E-state index contributed by atoms with van der Waals surface area (Å²) >= 11 is 8.90. The minimum Gasteiger partial charge on any atom is -0.207 e. The van der Waals surface area contributed by atoms with E-state index in [-0.39, 0.29) is 5.82 Å². The van der Waals surface area contributed by atoms with Crippen molar-refractivity contribution in [3.8, 4) is 0 Å². The average molecular weight is 278 g/mol. The highest BCUT2D eigenvalue weighted by Gasteiger charge is 2.38. The molecule has 1 aliphatic rings. The topological polar surface area (TPSA) is 0 Å². The Morgan fingerprint density at radius 2 is 2.29 bits per heavy atom. The van der Waals surface area contributed by atoms with Crippen molar-refractivity contribution in [3.63, 3.8) is 0 Å². The van der Waals surface area contributed by atoms with Gasteiger partial charge in [0.1, 0.15) is 5.82 Å². The van der Waals surface area contributed by atoms with E-state index in [1.54, 1.807) is 0 Å². The molecule has 2 unspecified atom stereocenters. The van der Waals surface area contributed by atoms with Crippen molar-refractivity contribution >= 4 is 27.5 Å². The van der Waals surface area contributed by atoms with Crippen molar-refractivity contribution in [3.05, 3.63) is 34.1 Å². The summed E-state index contributed by atoms with van der Waals surface area (Å²) in [6, 6.07) is 5.30. The molecule has 76 valence electrons. The van der Waals surface area contributed by atoms with E-state index < -0.39 is 0 Å². The lowest BCUT2D eigenvalue weighted by molar-refractivity contribution is 0.603. The Morgan fingerprint density at radius 3 is 2.93 bits per heavy atom. The van der Waals surface area contributed by atoms with Crippen molar-refractivity contribution < 1.29 is 4.39 Å². The third kappa shape index (κ3) is 2.12. The fourth-order valence-corrected chi connectivity index (χ4v) is 2.50. The van der Waals surface area contributed by atoms with Crippen LogP contribution in [0.4, 0.5) is 4.39 Å². The van der Waals surface area contributed by atoms with Crippen LogP contribution >= 0.6 is 27.5 Å². The Kier molecular flexibility index (Phi) is 3.13. The molecule has 0 radical (unpaired) electrons. The Morgan fingerprint density at radius 1 is 1.50 bits per heavy atom. The lowest BCUT2D eigenvalue weighted by atomic mass is 10.1. The molecule has 2 atom stereocenters. The summed E-state index contributed by atoms with van der Waals surface area (Å²) in [4.78, 5) is 0. The van der Waals surface area contributed by atoms with Gasteiger partial charge in [0.25, 0.3) is 0 Å². The van der Waals surface area contributed by atoms with Crippen LogP contribution in [0, 0.1) is 11.7 Å².